The molecule has 1 aliphatic rings. The van der Waals surface area contributed by atoms with Crippen LogP contribution in [-0.4, -0.2) is 57.2 Å². The summed E-state index contributed by atoms with van der Waals surface area (Å²) < 4.78 is 26.3. The van der Waals surface area contributed by atoms with Crippen LogP contribution in [0.1, 0.15) is 11.7 Å². The van der Waals surface area contributed by atoms with E-state index in [1.807, 2.05) is 6.07 Å². The molecule has 0 spiro atoms. The summed E-state index contributed by atoms with van der Waals surface area (Å²) in [5, 5.41) is 10.7. The first kappa shape index (κ1) is 18.6. The summed E-state index contributed by atoms with van der Waals surface area (Å²) in [7, 11) is 2.96. The Bertz CT molecular complexity index is 531. The van der Waals surface area contributed by atoms with E-state index in [2.05, 4.69) is 0 Å². The third-order valence-corrected chi connectivity index (χ3v) is 3.53. The van der Waals surface area contributed by atoms with Crippen LogP contribution >= 0.6 is 0 Å². The molecule has 0 bridgehead atoms. The Morgan fingerprint density at radius 1 is 1.17 bits per heavy atom. The molecule has 0 amide bonds. The first-order valence-corrected chi connectivity index (χ1v) is 7.50. The van der Waals surface area contributed by atoms with Crippen molar-refractivity contribution >= 4 is 5.97 Å². The second-order valence-corrected chi connectivity index (χ2v) is 5.19. The lowest BCUT2D eigenvalue weighted by atomic mass is 9.95. The Kier molecular flexibility index (Phi) is 7.36. The Morgan fingerprint density at radius 3 is 2.54 bits per heavy atom. The Balaban J connectivity index is 2.23. The maximum Gasteiger partial charge on any atom is 0.330 e. The standard InChI is InChI=1S/C17H22O7/c1-20-10-22-13-8-9-14(18)24-16(13)17(23-11-21-2)15(19)12-6-4-3-5-7-12/h3-9,13,15-17,19H,10-11H2,1-2H3/t13-,15-,16+,17+/m0/s1. The van der Waals surface area contributed by atoms with E-state index in [-0.39, 0.29) is 13.6 Å². The van der Waals surface area contributed by atoms with E-state index < -0.39 is 30.4 Å². The molecule has 1 N–H and O–H groups in total. The van der Waals surface area contributed by atoms with Gasteiger partial charge in [-0.25, -0.2) is 4.79 Å². The third-order valence-electron chi connectivity index (χ3n) is 3.53. The lowest BCUT2D eigenvalue weighted by molar-refractivity contribution is -0.204. The molecular formula is C17H22O7. The van der Waals surface area contributed by atoms with Crippen molar-refractivity contribution in [2.75, 3.05) is 27.8 Å². The summed E-state index contributed by atoms with van der Waals surface area (Å²) in [6.07, 6.45) is -0.511. The van der Waals surface area contributed by atoms with Gasteiger partial charge in [0.05, 0.1) is 0 Å². The molecule has 0 radical (unpaired) electrons. The number of benzene rings is 1. The Hall–Kier alpha value is -1.77. The highest BCUT2D eigenvalue weighted by Gasteiger charge is 2.40. The number of esters is 1. The molecule has 0 saturated carbocycles. The predicted molar refractivity (Wildman–Crippen MR) is 83.9 cm³/mol. The molecule has 1 aromatic rings. The van der Waals surface area contributed by atoms with Crippen molar-refractivity contribution in [3.8, 4) is 0 Å². The molecule has 0 saturated heterocycles. The zero-order valence-electron chi connectivity index (χ0n) is 13.7. The van der Waals surface area contributed by atoms with Gasteiger partial charge in [0, 0.05) is 20.3 Å². The minimum absolute atomic E-state index is 0.0154. The average molecular weight is 338 g/mol. The molecule has 0 aromatic heterocycles. The highest BCUT2D eigenvalue weighted by atomic mass is 16.7. The molecule has 1 aromatic carbocycles. The first-order valence-electron chi connectivity index (χ1n) is 7.50. The van der Waals surface area contributed by atoms with Gasteiger partial charge in [0.25, 0.3) is 0 Å². The molecule has 0 unspecified atom stereocenters. The monoisotopic (exact) mass is 338 g/mol. The van der Waals surface area contributed by atoms with Crippen molar-refractivity contribution in [3.05, 3.63) is 48.0 Å². The van der Waals surface area contributed by atoms with Crippen molar-refractivity contribution < 1.29 is 33.6 Å². The van der Waals surface area contributed by atoms with E-state index in [0.717, 1.165) is 0 Å². The van der Waals surface area contributed by atoms with E-state index in [0.29, 0.717) is 5.56 Å². The number of aliphatic hydroxyl groups is 1. The maximum absolute atomic E-state index is 11.7. The molecule has 7 nitrogen and oxygen atoms in total. The number of hydrogen-bond donors (Lipinski definition) is 1. The van der Waals surface area contributed by atoms with Gasteiger partial charge in [-0.05, 0) is 11.6 Å². The molecular weight excluding hydrogens is 316 g/mol. The number of aliphatic hydroxyl groups excluding tert-OH is 1. The lowest BCUT2D eigenvalue weighted by Gasteiger charge is -2.35. The van der Waals surface area contributed by atoms with Crippen LogP contribution in [0, 0.1) is 0 Å². The molecule has 1 heterocycles. The van der Waals surface area contributed by atoms with Crippen LogP contribution in [0.2, 0.25) is 0 Å². The fraction of sp³-hybridized carbons (Fsp3) is 0.471. The fourth-order valence-electron chi connectivity index (χ4n) is 2.43. The SMILES string of the molecule is COCO[C@@H]([C@@H]1OC(=O)C=C[C@@H]1OCOC)[C@@H](O)c1ccccc1. The number of methoxy groups -OCH3 is 2. The van der Waals surface area contributed by atoms with Crippen LogP contribution in [0.25, 0.3) is 0 Å². The molecule has 4 atom stereocenters. The van der Waals surface area contributed by atoms with E-state index in [9.17, 15) is 9.90 Å². The number of hydrogen-bond acceptors (Lipinski definition) is 7. The van der Waals surface area contributed by atoms with Gasteiger partial charge in [0.1, 0.15) is 31.9 Å². The average Bonchev–Trinajstić information content (AvgIpc) is 2.62. The molecule has 0 fully saturated rings. The third kappa shape index (κ3) is 4.86. The minimum Gasteiger partial charge on any atom is -0.453 e. The minimum atomic E-state index is -1.03. The fourth-order valence-corrected chi connectivity index (χ4v) is 2.43. The molecule has 0 aliphatic carbocycles. The zero-order chi connectivity index (χ0) is 17.4. The second-order valence-electron chi connectivity index (χ2n) is 5.19. The summed E-state index contributed by atoms with van der Waals surface area (Å²) in [4.78, 5) is 11.7. The summed E-state index contributed by atoms with van der Waals surface area (Å²) in [5.74, 6) is -0.524. The predicted octanol–water partition coefficient (Wildman–Crippen LogP) is 1.18. The molecule has 24 heavy (non-hydrogen) atoms. The van der Waals surface area contributed by atoms with Crippen molar-refractivity contribution in [2.24, 2.45) is 0 Å². The second kappa shape index (κ2) is 9.51. The van der Waals surface area contributed by atoms with E-state index in [1.165, 1.54) is 20.3 Å². The molecule has 132 valence electrons. The highest BCUT2D eigenvalue weighted by Crippen LogP contribution is 2.28. The van der Waals surface area contributed by atoms with Gasteiger partial charge in [-0.1, -0.05) is 30.3 Å². The molecule has 1 aliphatic heterocycles. The quantitative estimate of drug-likeness (QED) is 0.535. The van der Waals surface area contributed by atoms with Crippen LogP contribution in [0.3, 0.4) is 0 Å². The van der Waals surface area contributed by atoms with E-state index in [1.54, 1.807) is 30.3 Å². The number of ether oxygens (including phenoxy) is 5. The topological polar surface area (TPSA) is 83.5 Å². The Labute approximate surface area is 140 Å². The number of rotatable bonds is 9. The van der Waals surface area contributed by atoms with Crippen LogP contribution in [0.5, 0.6) is 0 Å². The first-order chi connectivity index (χ1) is 11.7. The van der Waals surface area contributed by atoms with Gasteiger partial charge in [-0.2, -0.15) is 0 Å². The van der Waals surface area contributed by atoms with Crippen molar-refractivity contribution in [1.82, 2.24) is 0 Å². The number of carbonyl (C=O) groups excluding carboxylic acids is 1. The maximum atomic E-state index is 11.7. The van der Waals surface area contributed by atoms with Gasteiger partial charge in [0.2, 0.25) is 0 Å². The smallest absolute Gasteiger partial charge is 0.330 e. The van der Waals surface area contributed by atoms with E-state index >= 15 is 0 Å². The normalized spacial score (nSPS) is 22.9. The van der Waals surface area contributed by atoms with Crippen molar-refractivity contribution in [1.29, 1.82) is 0 Å². The van der Waals surface area contributed by atoms with Gasteiger partial charge < -0.3 is 28.8 Å². The van der Waals surface area contributed by atoms with Gasteiger partial charge in [-0.3, -0.25) is 0 Å². The van der Waals surface area contributed by atoms with Crippen molar-refractivity contribution in [3.63, 3.8) is 0 Å². The van der Waals surface area contributed by atoms with Crippen molar-refractivity contribution in [2.45, 2.75) is 24.4 Å². The highest BCUT2D eigenvalue weighted by molar-refractivity contribution is 5.83. The largest absolute Gasteiger partial charge is 0.453 e. The zero-order valence-corrected chi connectivity index (χ0v) is 13.7. The van der Waals surface area contributed by atoms with Crippen LogP contribution in [0.4, 0.5) is 0 Å². The summed E-state index contributed by atoms with van der Waals surface area (Å²) in [6.45, 7) is -0.0508. The van der Waals surface area contributed by atoms with Gasteiger partial charge in [0.15, 0.2) is 6.10 Å². The summed E-state index contributed by atoms with van der Waals surface area (Å²) >= 11 is 0. The molecule has 7 heteroatoms. The summed E-state index contributed by atoms with van der Waals surface area (Å²) in [5.41, 5.74) is 0.634. The number of carbonyl (C=O) groups is 1. The lowest BCUT2D eigenvalue weighted by Crippen LogP contribution is -2.48. The van der Waals surface area contributed by atoms with E-state index in [4.69, 9.17) is 23.7 Å². The number of cyclic esters (lactones) is 1. The van der Waals surface area contributed by atoms with Crippen LogP contribution in [-0.2, 0) is 28.5 Å². The summed E-state index contributed by atoms with van der Waals surface area (Å²) in [6, 6.07) is 8.98. The van der Waals surface area contributed by atoms with Gasteiger partial charge in [-0.15, -0.1) is 0 Å². The van der Waals surface area contributed by atoms with Crippen LogP contribution in [0.15, 0.2) is 42.5 Å². The Morgan fingerprint density at radius 2 is 1.88 bits per heavy atom. The molecule has 2 rings (SSSR count). The van der Waals surface area contributed by atoms with Gasteiger partial charge >= 0.3 is 5.97 Å². The van der Waals surface area contributed by atoms with Crippen LogP contribution < -0.4 is 0 Å².